The van der Waals surface area contributed by atoms with Crippen LogP contribution in [0.3, 0.4) is 0 Å². The van der Waals surface area contributed by atoms with E-state index in [-0.39, 0.29) is 18.6 Å². The van der Waals surface area contributed by atoms with E-state index in [9.17, 15) is 0 Å². The molecule has 2 heteroatoms. The van der Waals surface area contributed by atoms with Crippen LogP contribution < -0.4 is 0 Å². The molecule has 0 amide bonds. The third kappa shape index (κ3) is 1.63. The summed E-state index contributed by atoms with van der Waals surface area (Å²) in [4.78, 5) is 0. The van der Waals surface area contributed by atoms with E-state index in [2.05, 4.69) is 19.9 Å². The summed E-state index contributed by atoms with van der Waals surface area (Å²) in [5, 5.41) is 17.9. The topological polar surface area (TPSA) is 40.5 Å². The van der Waals surface area contributed by atoms with Gasteiger partial charge in [0.25, 0.3) is 0 Å². The molecule has 2 N–H and O–H groups in total. The second-order valence-electron chi connectivity index (χ2n) is 3.87. The van der Waals surface area contributed by atoms with Crippen molar-refractivity contribution in [2.75, 3.05) is 13.2 Å². The van der Waals surface area contributed by atoms with Gasteiger partial charge in [-0.25, -0.2) is 0 Å². The Labute approximate surface area is 67.6 Å². The van der Waals surface area contributed by atoms with Gasteiger partial charge in [-0.2, -0.15) is 0 Å². The lowest BCUT2D eigenvalue weighted by molar-refractivity contribution is 0.162. The summed E-state index contributed by atoms with van der Waals surface area (Å²) in [7, 11) is 0. The molecular weight excluding hydrogens is 140 g/mol. The molecule has 0 aliphatic heterocycles. The van der Waals surface area contributed by atoms with E-state index in [0.29, 0.717) is 5.92 Å². The molecule has 0 fully saturated rings. The number of aliphatic hydroxyl groups is 2. The van der Waals surface area contributed by atoms with E-state index in [1.54, 1.807) is 0 Å². The summed E-state index contributed by atoms with van der Waals surface area (Å²) in [5.74, 6) is 0.296. The molecule has 1 rings (SSSR count). The van der Waals surface area contributed by atoms with E-state index >= 15 is 0 Å². The highest BCUT2D eigenvalue weighted by Gasteiger charge is 2.32. The fourth-order valence-corrected chi connectivity index (χ4v) is 1.69. The maximum atomic E-state index is 9.00. The van der Waals surface area contributed by atoms with Crippen molar-refractivity contribution in [3.8, 4) is 0 Å². The fraction of sp³-hybridized carbons (Fsp3) is 0.778. The first-order valence-electron chi connectivity index (χ1n) is 4.02. The van der Waals surface area contributed by atoms with Crippen LogP contribution in [0, 0.1) is 11.3 Å². The Hall–Kier alpha value is -0.340. The second-order valence-corrected chi connectivity index (χ2v) is 3.87. The lowest BCUT2D eigenvalue weighted by Gasteiger charge is -2.23. The van der Waals surface area contributed by atoms with Gasteiger partial charge in [-0.3, -0.25) is 0 Å². The number of hydrogen-bond donors (Lipinski definition) is 2. The standard InChI is InChI=1S/C9H16O2/c1-9(2)4-7(5-10)3-8(9)6-11/h4,8,10-11H,3,5-6H2,1-2H3/t8-/m1/s1. The van der Waals surface area contributed by atoms with Gasteiger partial charge in [-0.05, 0) is 23.3 Å². The van der Waals surface area contributed by atoms with Crippen molar-refractivity contribution in [3.05, 3.63) is 11.6 Å². The maximum absolute atomic E-state index is 9.00. The van der Waals surface area contributed by atoms with Gasteiger partial charge in [-0.15, -0.1) is 0 Å². The minimum absolute atomic E-state index is 0.0623. The smallest absolute Gasteiger partial charge is 0.0642 e. The summed E-state index contributed by atoms with van der Waals surface area (Å²) in [6, 6.07) is 0. The van der Waals surface area contributed by atoms with Crippen molar-refractivity contribution >= 4 is 0 Å². The van der Waals surface area contributed by atoms with Crippen LogP contribution in [0.25, 0.3) is 0 Å². The summed E-state index contributed by atoms with van der Waals surface area (Å²) < 4.78 is 0. The van der Waals surface area contributed by atoms with Crippen molar-refractivity contribution in [1.29, 1.82) is 0 Å². The number of aliphatic hydroxyl groups excluding tert-OH is 2. The van der Waals surface area contributed by atoms with Gasteiger partial charge in [0.2, 0.25) is 0 Å². The summed E-state index contributed by atoms with van der Waals surface area (Å²) in [6.45, 7) is 4.54. The van der Waals surface area contributed by atoms with Crippen molar-refractivity contribution < 1.29 is 10.2 Å². The lowest BCUT2D eigenvalue weighted by Crippen LogP contribution is -2.20. The van der Waals surface area contributed by atoms with Crippen LogP contribution in [-0.4, -0.2) is 23.4 Å². The van der Waals surface area contributed by atoms with Crippen LogP contribution in [0.1, 0.15) is 20.3 Å². The van der Waals surface area contributed by atoms with E-state index in [1.807, 2.05) is 0 Å². The average Bonchev–Trinajstić information content (AvgIpc) is 2.24. The molecule has 1 aliphatic rings. The first-order valence-corrected chi connectivity index (χ1v) is 4.02. The Morgan fingerprint density at radius 1 is 1.55 bits per heavy atom. The predicted molar refractivity (Wildman–Crippen MR) is 44.1 cm³/mol. The molecule has 0 aromatic carbocycles. The van der Waals surface area contributed by atoms with Crippen LogP contribution in [0.5, 0.6) is 0 Å². The molecule has 0 saturated heterocycles. The zero-order chi connectivity index (χ0) is 8.48. The van der Waals surface area contributed by atoms with E-state index in [0.717, 1.165) is 12.0 Å². The number of allylic oxidation sites excluding steroid dienone is 1. The van der Waals surface area contributed by atoms with Gasteiger partial charge < -0.3 is 10.2 Å². The highest BCUT2D eigenvalue weighted by atomic mass is 16.3. The molecule has 0 radical (unpaired) electrons. The third-order valence-electron chi connectivity index (χ3n) is 2.56. The van der Waals surface area contributed by atoms with Gasteiger partial charge in [0.15, 0.2) is 0 Å². The Morgan fingerprint density at radius 3 is 2.45 bits per heavy atom. The molecule has 0 aromatic heterocycles. The Balaban J connectivity index is 2.69. The summed E-state index contributed by atoms with van der Waals surface area (Å²) >= 11 is 0. The monoisotopic (exact) mass is 156 g/mol. The molecule has 1 aliphatic carbocycles. The Morgan fingerprint density at radius 2 is 2.18 bits per heavy atom. The van der Waals surface area contributed by atoms with E-state index in [1.165, 1.54) is 0 Å². The van der Waals surface area contributed by atoms with E-state index in [4.69, 9.17) is 10.2 Å². The van der Waals surface area contributed by atoms with Crippen LogP contribution in [0.15, 0.2) is 11.6 Å². The van der Waals surface area contributed by atoms with Gasteiger partial charge in [-0.1, -0.05) is 19.9 Å². The molecule has 1 atom stereocenters. The van der Waals surface area contributed by atoms with Crippen molar-refractivity contribution in [2.45, 2.75) is 20.3 Å². The van der Waals surface area contributed by atoms with Crippen LogP contribution in [-0.2, 0) is 0 Å². The minimum atomic E-state index is 0.0623. The van der Waals surface area contributed by atoms with Crippen molar-refractivity contribution in [2.24, 2.45) is 11.3 Å². The maximum Gasteiger partial charge on any atom is 0.0642 e. The molecule has 64 valence electrons. The average molecular weight is 156 g/mol. The first-order chi connectivity index (χ1) is 5.10. The minimum Gasteiger partial charge on any atom is -0.396 e. The van der Waals surface area contributed by atoms with Crippen molar-refractivity contribution in [1.82, 2.24) is 0 Å². The third-order valence-corrected chi connectivity index (χ3v) is 2.56. The molecule has 2 nitrogen and oxygen atoms in total. The molecule has 11 heavy (non-hydrogen) atoms. The number of hydrogen-bond acceptors (Lipinski definition) is 2. The predicted octanol–water partition coefficient (Wildman–Crippen LogP) is 0.944. The van der Waals surface area contributed by atoms with Gasteiger partial charge in [0.05, 0.1) is 6.61 Å². The molecule has 0 heterocycles. The largest absolute Gasteiger partial charge is 0.396 e. The highest BCUT2D eigenvalue weighted by molar-refractivity contribution is 5.18. The molecule has 0 saturated carbocycles. The van der Waals surface area contributed by atoms with Gasteiger partial charge in [0.1, 0.15) is 0 Å². The SMILES string of the molecule is CC1(C)C=C(CO)C[C@@H]1CO. The first kappa shape index (κ1) is 8.75. The van der Waals surface area contributed by atoms with E-state index < -0.39 is 0 Å². The van der Waals surface area contributed by atoms with Gasteiger partial charge in [0, 0.05) is 6.61 Å². The lowest BCUT2D eigenvalue weighted by atomic mass is 9.83. The van der Waals surface area contributed by atoms with Crippen LogP contribution >= 0.6 is 0 Å². The van der Waals surface area contributed by atoms with Crippen molar-refractivity contribution in [3.63, 3.8) is 0 Å². The normalized spacial score (nSPS) is 28.7. The summed E-state index contributed by atoms with van der Waals surface area (Å²) in [5.41, 5.74) is 1.13. The zero-order valence-electron chi connectivity index (χ0n) is 7.17. The fourth-order valence-electron chi connectivity index (χ4n) is 1.69. The van der Waals surface area contributed by atoms with Gasteiger partial charge >= 0.3 is 0 Å². The number of rotatable bonds is 2. The Bertz CT molecular complexity index is 170. The zero-order valence-corrected chi connectivity index (χ0v) is 7.17. The molecule has 0 aromatic rings. The van der Waals surface area contributed by atoms with Crippen LogP contribution in [0.2, 0.25) is 0 Å². The quantitative estimate of drug-likeness (QED) is 0.584. The molecular formula is C9H16O2. The Kier molecular flexibility index (Phi) is 2.35. The van der Waals surface area contributed by atoms with Crippen LogP contribution in [0.4, 0.5) is 0 Å². The highest BCUT2D eigenvalue weighted by Crippen LogP contribution is 2.40. The molecule has 0 bridgehead atoms. The molecule has 0 spiro atoms. The summed E-state index contributed by atoms with van der Waals surface area (Å²) in [6.07, 6.45) is 2.92. The molecule has 0 unspecified atom stereocenters. The second kappa shape index (κ2) is 2.95.